The number of hydrogen-bond acceptors (Lipinski definition) is 3. The van der Waals surface area contributed by atoms with Gasteiger partial charge < -0.3 is 14.7 Å². The Morgan fingerprint density at radius 2 is 1.92 bits per heavy atom. The average Bonchev–Trinajstić information content (AvgIpc) is 3.11. The molecule has 1 heterocycles. The Morgan fingerprint density at radius 1 is 1.20 bits per heavy atom. The van der Waals surface area contributed by atoms with E-state index in [1.165, 1.54) is 0 Å². The van der Waals surface area contributed by atoms with Crippen molar-refractivity contribution >= 4 is 5.91 Å². The minimum atomic E-state index is -0.527. The largest absolute Gasteiger partial charge is 0.497 e. The Bertz CT molecular complexity index is 684. The molecule has 1 N–H and O–H groups in total. The standard InChI is InChI=1S/C21H25NO3/c1-25-19-11-9-16(10-12-19)14-21(24)22-13-5-8-18(22)15-20(23)17-6-3-2-4-7-17/h2-4,6-7,9-12,18,20,23H,5,8,13-15H2,1H3. The zero-order valence-corrected chi connectivity index (χ0v) is 14.6. The molecule has 1 fully saturated rings. The van der Waals surface area contributed by atoms with Crippen molar-refractivity contribution in [3.05, 3.63) is 65.7 Å². The van der Waals surface area contributed by atoms with Gasteiger partial charge in [0.15, 0.2) is 0 Å². The van der Waals surface area contributed by atoms with E-state index in [0.717, 1.165) is 36.3 Å². The molecule has 0 radical (unpaired) electrons. The van der Waals surface area contributed by atoms with Crippen molar-refractivity contribution in [3.8, 4) is 5.75 Å². The molecule has 25 heavy (non-hydrogen) atoms. The van der Waals surface area contributed by atoms with Gasteiger partial charge in [-0.2, -0.15) is 0 Å². The fourth-order valence-corrected chi connectivity index (χ4v) is 3.50. The molecule has 0 aromatic heterocycles. The summed E-state index contributed by atoms with van der Waals surface area (Å²) in [7, 11) is 1.63. The summed E-state index contributed by atoms with van der Waals surface area (Å²) in [5.41, 5.74) is 1.90. The number of rotatable bonds is 6. The van der Waals surface area contributed by atoms with E-state index in [2.05, 4.69) is 0 Å². The third kappa shape index (κ3) is 4.40. The first-order valence-electron chi connectivity index (χ1n) is 8.83. The van der Waals surface area contributed by atoms with Crippen LogP contribution in [0.3, 0.4) is 0 Å². The van der Waals surface area contributed by atoms with Gasteiger partial charge in [-0.1, -0.05) is 42.5 Å². The Balaban J connectivity index is 1.61. The molecule has 2 aromatic rings. The van der Waals surface area contributed by atoms with Crippen LogP contribution in [0.2, 0.25) is 0 Å². The molecule has 1 aliphatic heterocycles. The Morgan fingerprint density at radius 3 is 2.60 bits per heavy atom. The first kappa shape index (κ1) is 17.5. The SMILES string of the molecule is COc1ccc(CC(=O)N2CCCC2CC(O)c2ccccc2)cc1. The monoisotopic (exact) mass is 339 g/mol. The third-order valence-corrected chi connectivity index (χ3v) is 4.89. The van der Waals surface area contributed by atoms with Crippen LogP contribution in [-0.4, -0.2) is 35.6 Å². The highest BCUT2D eigenvalue weighted by atomic mass is 16.5. The zero-order chi connectivity index (χ0) is 17.6. The fraction of sp³-hybridized carbons (Fsp3) is 0.381. The van der Waals surface area contributed by atoms with Crippen LogP contribution in [0.1, 0.15) is 36.5 Å². The van der Waals surface area contributed by atoms with E-state index in [1.807, 2.05) is 59.5 Å². The summed E-state index contributed by atoms with van der Waals surface area (Å²) in [6, 6.07) is 17.4. The molecule has 132 valence electrons. The highest BCUT2D eigenvalue weighted by Gasteiger charge is 2.30. The minimum Gasteiger partial charge on any atom is -0.497 e. The van der Waals surface area contributed by atoms with Crippen LogP contribution in [0, 0.1) is 0 Å². The normalized spacial score (nSPS) is 18.2. The van der Waals surface area contributed by atoms with Crippen LogP contribution < -0.4 is 4.74 Å². The molecule has 1 amide bonds. The number of methoxy groups -OCH3 is 1. The van der Waals surface area contributed by atoms with Crippen LogP contribution in [0.25, 0.3) is 0 Å². The van der Waals surface area contributed by atoms with Gasteiger partial charge in [-0.3, -0.25) is 4.79 Å². The quantitative estimate of drug-likeness (QED) is 0.878. The predicted octanol–water partition coefficient (Wildman–Crippen LogP) is 3.35. The van der Waals surface area contributed by atoms with Crippen molar-refractivity contribution in [1.82, 2.24) is 4.90 Å². The molecule has 4 nitrogen and oxygen atoms in total. The van der Waals surface area contributed by atoms with Gasteiger partial charge in [0.2, 0.25) is 5.91 Å². The number of benzene rings is 2. The zero-order valence-electron chi connectivity index (χ0n) is 14.6. The van der Waals surface area contributed by atoms with Gasteiger partial charge in [0.05, 0.1) is 19.6 Å². The average molecular weight is 339 g/mol. The number of ether oxygens (including phenoxy) is 1. The highest BCUT2D eigenvalue weighted by molar-refractivity contribution is 5.79. The summed E-state index contributed by atoms with van der Waals surface area (Å²) in [6.45, 7) is 0.779. The van der Waals surface area contributed by atoms with Gasteiger partial charge >= 0.3 is 0 Å². The molecule has 0 saturated carbocycles. The van der Waals surface area contributed by atoms with Gasteiger partial charge in [-0.25, -0.2) is 0 Å². The van der Waals surface area contributed by atoms with Crippen LogP contribution >= 0.6 is 0 Å². The van der Waals surface area contributed by atoms with E-state index in [1.54, 1.807) is 7.11 Å². The van der Waals surface area contributed by atoms with Crippen molar-refractivity contribution in [2.75, 3.05) is 13.7 Å². The molecule has 4 heteroatoms. The van der Waals surface area contributed by atoms with Crippen molar-refractivity contribution < 1.29 is 14.6 Å². The molecule has 1 saturated heterocycles. The fourth-order valence-electron chi connectivity index (χ4n) is 3.50. The van der Waals surface area contributed by atoms with E-state index in [-0.39, 0.29) is 11.9 Å². The topological polar surface area (TPSA) is 49.8 Å². The van der Waals surface area contributed by atoms with Crippen molar-refractivity contribution in [2.45, 2.75) is 37.8 Å². The second kappa shape index (κ2) is 8.17. The van der Waals surface area contributed by atoms with Crippen LogP contribution in [0.4, 0.5) is 0 Å². The summed E-state index contributed by atoms with van der Waals surface area (Å²) < 4.78 is 5.15. The van der Waals surface area contributed by atoms with Crippen LogP contribution in [-0.2, 0) is 11.2 Å². The molecule has 0 spiro atoms. The number of aliphatic hydroxyl groups excluding tert-OH is 1. The second-order valence-electron chi connectivity index (χ2n) is 6.57. The lowest BCUT2D eigenvalue weighted by molar-refractivity contribution is -0.131. The lowest BCUT2D eigenvalue weighted by Gasteiger charge is -2.27. The molecule has 0 bridgehead atoms. The third-order valence-electron chi connectivity index (χ3n) is 4.89. The smallest absolute Gasteiger partial charge is 0.227 e. The molecule has 0 aliphatic carbocycles. The number of aliphatic hydroxyl groups is 1. The summed E-state index contributed by atoms with van der Waals surface area (Å²) in [5, 5.41) is 10.5. The molecule has 3 rings (SSSR count). The van der Waals surface area contributed by atoms with Gasteiger partial charge in [0.25, 0.3) is 0 Å². The predicted molar refractivity (Wildman–Crippen MR) is 97.5 cm³/mol. The maximum atomic E-state index is 12.7. The number of hydrogen-bond donors (Lipinski definition) is 1. The molecule has 1 aliphatic rings. The molecule has 2 unspecified atom stereocenters. The lowest BCUT2D eigenvalue weighted by Crippen LogP contribution is -2.37. The van der Waals surface area contributed by atoms with E-state index in [9.17, 15) is 9.90 Å². The molecular weight excluding hydrogens is 314 g/mol. The lowest BCUT2D eigenvalue weighted by atomic mass is 10.00. The highest BCUT2D eigenvalue weighted by Crippen LogP contribution is 2.28. The van der Waals surface area contributed by atoms with Crippen LogP contribution in [0.15, 0.2) is 54.6 Å². The molecule has 2 atom stereocenters. The Labute approximate surface area is 149 Å². The summed E-state index contributed by atoms with van der Waals surface area (Å²) in [5.74, 6) is 0.925. The van der Waals surface area contributed by atoms with Gasteiger partial charge in [0, 0.05) is 12.6 Å². The number of amides is 1. The first-order chi connectivity index (χ1) is 12.2. The summed E-state index contributed by atoms with van der Waals surface area (Å²) in [4.78, 5) is 14.7. The number of likely N-dealkylation sites (tertiary alicyclic amines) is 1. The number of carbonyl (C=O) groups is 1. The maximum absolute atomic E-state index is 12.7. The van der Waals surface area contributed by atoms with Crippen molar-refractivity contribution in [3.63, 3.8) is 0 Å². The molecular formula is C21H25NO3. The second-order valence-corrected chi connectivity index (χ2v) is 6.57. The number of carbonyl (C=O) groups excluding carboxylic acids is 1. The van der Waals surface area contributed by atoms with E-state index in [0.29, 0.717) is 12.8 Å². The van der Waals surface area contributed by atoms with Gasteiger partial charge in [-0.05, 0) is 42.5 Å². The van der Waals surface area contributed by atoms with E-state index < -0.39 is 6.10 Å². The summed E-state index contributed by atoms with van der Waals surface area (Å²) >= 11 is 0. The Kier molecular flexibility index (Phi) is 5.71. The van der Waals surface area contributed by atoms with Gasteiger partial charge in [0.1, 0.15) is 5.75 Å². The van der Waals surface area contributed by atoms with Gasteiger partial charge in [-0.15, -0.1) is 0 Å². The molecule has 2 aromatic carbocycles. The minimum absolute atomic E-state index is 0.112. The van der Waals surface area contributed by atoms with Crippen molar-refractivity contribution in [2.24, 2.45) is 0 Å². The Hall–Kier alpha value is -2.33. The summed E-state index contributed by atoms with van der Waals surface area (Å²) in [6.07, 6.45) is 2.42. The number of nitrogens with zero attached hydrogens (tertiary/aromatic N) is 1. The van der Waals surface area contributed by atoms with E-state index >= 15 is 0 Å². The van der Waals surface area contributed by atoms with E-state index in [4.69, 9.17) is 4.74 Å². The van der Waals surface area contributed by atoms with Crippen LogP contribution in [0.5, 0.6) is 5.75 Å². The maximum Gasteiger partial charge on any atom is 0.227 e. The van der Waals surface area contributed by atoms with Crippen molar-refractivity contribution in [1.29, 1.82) is 0 Å². The first-order valence-corrected chi connectivity index (χ1v) is 8.83.